The fraction of sp³-hybridized carbons (Fsp3) is 0.227. The van der Waals surface area contributed by atoms with Crippen molar-refractivity contribution in [3.05, 3.63) is 71.1 Å². The Morgan fingerprint density at radius 1 is 1.11 bits per heavy atom. The molecular formula is C22H24N2O2S. The van der Waals surface area contributed by atoms with Crippen LogP contribution >= 0.6 is 11.3 Å². The predicted molar refractivity (Wildman–Crippen MR) is 114 cm³/mol. The lowest BCUT2D eigenvalue weighted by Crippen LogP contribution is -2.11. The quantitative estimate of drug-likeness (QED) is 0.259. The second kappa shape index (κ2) is 9.35. The van der Waals surface area contributed by atoms with Gasteiger partial charge in [-0.1, -0.05) is 49.7 Å². The van der Waals surface area contributed by atoms with Crippen LogP contribution in [0.5, 0.6) is 0 Å². The molecule has 1 unspecified atom stereocenters. The van der Waals surface area contributed by atoms with Gasteiger partial charge in [-0.05, 0) is 41.8 Å². The number of carbonyl (C=O) groups is 1. The summed E-state index contributed by atoms with van der Waals surface area (Å²) in [6.45, 7) is 3.09. The van der Waals surface area contributed by atoms with Gasteiger partial charge >= 0.3 is 0 Å². The van der Waals surface area contributed by atoms with Crippen molar-refractivity contribution < 1.29 is 9.90 Å². The summed E-state index contributed by atoms with van der Waals surface area (Å²) in [5, 5.41) is 18.1. The molecule has 0 radical (unpaired) electrons. The number of benzene rings is 2. The Morgan fingerprint density at radius 2 is 1.93 bits per heavy atom. The fourth-order valence-corrected chi connectivity index (χ4v) is 3.63. The molecule has 0 fully saturated rings. The second-order valence-electron chi connectivity index (χ2n) is 6.32. The number of nitrogens with one attached hydrogen (secondary N) is 2. The molecule has 0 saturated heterocycles. The SMILES string of the molecule is CCCCNc1ccc(C(O)Nc2ccc(C=O)s2)c(-c2ccccc2)c1. The molecule has 0 aliphatic heterocycles. The molecule has 0 spiro atoms. The largest absolute Gasteiger partial charge is 0.385 e. The summed E-state index contributed by atoms with van der Waals surface area (Å²) in [6, 6.07) is 19.6. The lowest BCUT2D eigenvalue weighted by atomic mass is 9.97. The van der Waals surface area contributed by atoms with Crippen molar-refractivity contribution in [1.82, 2.24) is 0 Å². The van der Waals surface area contributed by atoms with Crippen LogP contribution < -0.4 is 10.6 Å². The summed E-state index contributed by atoms with van der Waals surface area (Å²) >= 11 is 1.32. The van der Waals surface area contributed by atoms with Crippen molar-refractivity contribution in [1.29, 1.82) is 0 Å². The minimum atomic E-state index is -0.872. The van der Waals surface area contributed by atoms with E-state index in [9.17, 15) is 9.90 Å². The summed E-state index contributed by atoms with van der Waals surface area (Å²) in [4.78, 5) is 11.5. The zero-order valence-corrected chi connectivity index (χ0v) is 16.1. The van der Waals surface area contributed by atoms with Crippen molar-refractivity contribution in [3.63, 3.8) is 0 Å². The maximum Gasteiger partial charge on any atom is 0.160 e. The first kappa shape index (κ1) is 19.1. The average Bonchev–Trinajstić information content (AvgIpc) is 3.16. The van der Waals surface area contributed by atoms with Crippen LogP contribution in [0.1, 0.15) is 41.2 Å². The van der Waals surface area contributed by atoms with Gasteiger partial charge in [-0.2, -0.15) is 0 Å². The molecule has 140 valence electrons. The average molecular weight is 381 g/mol. The Bertz CT molecular complexity index is 877. The van der Waals surface area contributed by atoms with Crippen molar-refractivity contribution >= 4 is 28.3 Å². The molecule has 5 heteroatoms. The van der Waals surface area contributed by atoms with E-state index in [1.54, 1.807) is 12.1 Å². The standard InChI is InChI=1S/C22H24N2O2S/c1-2-3-13-23-17-9-11-19(20(14-17)16-7-5-4-6-8-16)22(26)24-21-12-10-18(15-25)27-21/h4-12,14-15,22-24,26H,2-3,13H2,1H3. The first-order valence-corrected chi connectivity index (χ1v) is 9.95. The minimum absolute atomic E-state index is 0.628. The second-order valence-corrected chi connectivity index (χ2v) is 7.43. The molecule has 0 amide bonds. The van der Waals surface area contributed by atoms with Gasteiger partial charge in [-0.25, -0.2) is 0 Å². The van der Waals surface area contributed by atoms with Crippen LogP contribution in [0.4, 0.5) is 10.7 Å². The van der Waals surface area contributed by atoms with Gasteiger partial charge in [0.25, 0.3) is 0 Å². The van der Waals surface area contributed by atoms with Crippen molar-refractivity contribution in [2.24, 2.45) is 0 Å². The summed E-state index contributed by atoms with van der Waals surface area (Å²) in [5.41, 5.74) is 3.86. The number of aliphatic hydroxyl groups excluding tert-OH is 1. The van der Waals surface area contributed by atoms with Crippen LogP contribution in [0.2, 0.25) is 0 Å². The Hall–Kier alpha value is -2.63. The number of carbonyl (C=O) groups excluding carboxylic acids is 1. The number of anilines is 2. The van der Waals surface area contributed by atoms with E-state index in [-0.39, 0.29) is 0 Å². The third-order valence-electron chi connectivity index (χ3n) is 4.31. The van der Waals surface area contributed by atoms with Crippen LogP contribution in [0.15, 0.2) is 60.7 Å². The van der Waals surface area contributed by atoms with Gasteiger partial charge < -0.3 is 15.7 Å². The van der Waals surface area contributed by atoms with Crippen LogP contribution in [0.3, 0.4) is 0 Å². The highest BCUT2D eigenvalue weighted by molar-refractivity contribution is 7.17. The van der Waals surface area contributed by atoms with Gasteiger partial charge in [0.2, 0.25) is 0 Å². The Kier molecular flexibility index (Phi) is 6.63. The molecule has 0 bridgehead atoms. The third kappa shape index (κ3) is 4.96. The number of hydrogen-bond acceptors (Lipinski definition) is 5. The number of aldehydes is 1. The van der Waals surface area contributed by atoms with Gasteiger partial charge in [-0.3, -0.25) is 4.79 Å². The Balaban J connectivity index is 1.89. The number of hydrogen-bond donors (Lipinski definition) is 3. The van der Waals surface area contributed by atoms with E-state index in [4.69, 9.17) is 0 Å². The van der Waals surface area contributed by atoms with Crippen molar-refractivity contribution in [3.8, 4) is 11.1 Å². The molecule has 3 aromatic rings. The zero-order valence-electron chi connectivity index (χ0n) is 15.3. The predicted octanol–water partition coefficient (Wildman–Crippen LogP) is 5.54. The Morgan fingerprint density at radius 3 is 2.63 bits per heavy atom. The highest BCUT2D eigenvalue weighted by Gasteiger charge is 2.15. The van der Waals surface area contributed by atoms with E-state index < -0.39 is 6.23 Å². The molecule has 1 heterocycles. The zero-order chi connectivity index (χ0) is 19.1. The van der Waals surface area contributed by atoms with Gasteiger partial charge in [0, 0.05) is 17.8 Å². The summed E-state index contributed by atoms with van der Waals surface area (Å²) in [7, 11) is 0. The first-order chi connectivity index (χ1) is 13.2. The molecule has 27 heavy (non-hydrogen) atoms. The van der Waals surface area contributed by atoms with E-state index in [1.165, 1.54) is 11.3 Å². The summed E-state index contributed by atoms with van der Waals surface area (Å²) in [5.74, 6) is 0. The highest BCUT2D eigenvalue weighted by atomic mass is 32.1. The molecule has 0 aliphatic rings. The highest BCUT2D eigenvalue weighted by Crippen LogP contribution is 2.33. The van der Waals surface area contributed by atoms with E-state index in [0.29, 0.717) is 4.88 Å². The molecule has 3 rings (SSSR count). The smallest absolute Gasteiger partial charge is 0.160 e. The molecule has 2 aromatic carbocycles. The lowest BCUT2D eigenvalue weighted by molar-refractivity contribution is 0.112. The minimum Gasteiger partial charge on any atom is -0.385 e. The number of thiophene rings is 1. The van der Waals surface area contributed by atoms with E-state index in [0.717, 1.165) is 53.1 Å². The maximum atomic E-state index is 10.9. The van der Waals surface area contributed by atoms with Gasteiger partial charge in [-0.15, -0.1) is 11.3 Å². The molecule has 3 N–H and O–H groups in total. The van der Waals surface area contributed by atoms with Gasteiger partial charge in [0.15, 0.2) is 12.5 Å². The molecule has 1 aromatic heterocycles. The summed E-state index contributed by atoms with van der Waals surface area (Å²) in [6.07, 6.45) is 2.20. The topological polar surface area (TPSA) is 61.4 Å². The fourth-order valence-electron chi connectivity index (χ4n) is 2.89. The monoisotopic (exact) mass is 380 g/mol. The van der Waals surface area contributed by atoms with Crippen molar-refractivity contribution in [2.45, 2.75) is 26.0 Å². The molecule has 4 nitrogen and oxygen atoms in total. The third-order valence-corrected chi connectivity index (χ3v) is 5.26. The molecule has 0 aliphatic carbocycles. The van der Waals surface area contributed by atoms with Crippen LogP contribution in [-0.2, 0) is 0 Å². The molecule has 1 atom stereocenters. The van der Waals surface area contributed by atoms with Crippen LogP contribution in [-0.4, -0.2) is 17.9 Å². The summed E-state index contributed by atoms with van der Waals surface area (Å²) < 4.78 is 0. The number of rotatable bonds is 9. The first-order valence-electron chi connectivity index (χ1n) is 9.14. The molecular weight excluding hydrogens is 356 g/mol. The Labute approximate surface area is 163 Å². The van der Waals surface area contributed by atoms with Crippen molar-refractivity contribution in [2.75, 3.05) is 17.2 Å². The van der Waals surface area contributed by atoms with E-state index >= 15 is 0 Å². The maximum absolute atomic E-state index is 10.9. The number of aliphatic hydroxyl groups is 1. The van der Waals surface area contributed by atoms with Crippen LogP contribution in [0, 0.1) is 0 Å². The van der Waals surface area contributed by atoms with Gasteiger partial charge in [0.1, 0.15) is 0 Å². The van der Waals surface area contributed by atoms with Crippen LogP contribution in [0.25, 0.3) is 11.1 Å². The van der Waals surface area contributed by atoms with Gasteiger partial charge in [0.05, 0.1) is 9.88 Å². The normalized spacial score (nSPS) is 11.8. The van der Waals surface area contributed by atoms with E-state index in [2.05, 4.69) is 23.6 Å². The number of unbranched alkanes of at least 4 members (excludes halogenated alkanes) is 1. The molecule has 0 saturated carbocycles. The van der Waals surface area contributed by atoms with E-state index in [1.807, 2.05) is 42.5 Å². The lowest BCUT2D eigenvalue weighted by Gasteiger charge is -2.19.